The molecule has 1 atom stereocenters. The SMILES string of the molecule is C=CCNC(=S)C(c1ccccc1)c1ccccn1. The van der Waals surface area contributed by atoms with Crippen LogP contribution >= 0.6 is 12.2 Å². The average molecular weight is 268 g/mol. The summed E-state index contributed by atoms with van der Waals surface area (Å²) < 4.78 is 0. The Bertz CT molecular complexity index is 498. The van der Waals surface area contributed by atoms with E-state index >= 15 is 0 Å². The highest BCUT2D eigenvalue weighted by atomic mass is 32.1. The summed E-state index contributed by atoms with van der Waals surface area (Å²) in [6.07, 6.45) is 3.59. The fourth-order valence-corrected chi connectivity index (χ4v) is 2.26. The molecule has 19 heavy (non-hydrogen) atoms. The van der Waals surface area contributed by atoms with Gasteiger partial charge in [-0.05, 0) is 17.7 Å². The fraction of sp³-hybridized carbons (Fsp3) is 0.125. The van der Waals surface area contributed by atoms with Crippen molar-refractivity contribution in [2.75, 3.05) is 6.54 Å². The summed E-state index contributed by atoms with van der Waals surface area (Å²) in [7, 11) is 0. The predicted octanol–water partition coefficient (Wildman–Crippen LogP) is 3.32. The first-order chi connectivity index (χ1) is 9.33. The summed E-state index contributed by atoms with van der Waals surface area (Å²) in [6, 6.07) is 16.1. The molecule has 0 spiro atoms. The van der Waals surface area contributed by atoms with E-state index in [4.69, 9.17) is 12.2 Å². The number of rotatable bonds is 5. The maximum Gasteiger partial charge on any atom is 0.0892 e. The first-order valence-electron chi connectivity index (χ1n) is 6.17. The number of nitrogens with one attached hydrogen (secondary N) is 1. The Balaban J connectivity index is 2.34. The van der Waals surface area contributed by atoms with E-state index in [1.165, 1.54) is 0 Å². The number of aromatic nitrogens is 1. The lowest BCUT2D eigenvalue weighted by Gasteiger charge is -2.19. The number of nitrogens with zero attached hydrogens (tertiary/aromatic N) is 1. The molecular formula is C16H16N2S. The molecule has 0 fully saturated rings. The van der Waals surface area contributed by atoms with Gasteiger partial charge in [-0.25, -0.2) is 0 Å². The monoisotopic (exact) mass is 268 g/mol. The zero-order chi connectivity index (χ0) is 13.5. The van der Waals surface area contributed by atoms with Crippen molar-refractivity contribution in [2.45, 2.75) is 5.92 Å². The molecule has 0 radical (unpaired) electrons. The Morgan fingerprint density at radius 2 is 1.95 bits per heavy atom. The summed E-state index contributed by atoms with van der Waals surface area (Å²) in [6.45, 7) is 4.36. The van der Waals surface area contributed by atoms with Crippen molar-refractivity contribution in [1.29, 1.82) is 0 Å². The molecule has 2 aromatic rings. The molecular weight excluding hydrogens is 252 g/mol. The van der Waals surface area contributed by atoms with E-state index in [0.717, 1.165) is 16.2 Å². The van der Waals surface area contributed by atoms with Gasteiger partial charge in [0.05, 0.1) is 16.6 Å². The zero-order valence-corrected chi connectivity index (χ0v) is 11.4. The van der Waals surface area contributed by atoms with Gasteiger partial charge in [-0.3, -0.25) is 4.98 Å². The molecule has 1 aromatic carbocycles. The van der Waals surface area contributed by atoms with Crippen LogP contribution in [0.25, 0.3) is 0 Å². The summed E-state index contributed by atoms with van der Waals surface area (Å²) in [5, 5.41) is 3.20. The Morgan fingerprint density at radius 1 is 1.21 bits per heavy atom. The van der Waals surface area contributed by atoms with Gasteiger partial charge in [0.2, 0.25) is 0 Å². The molecule has 1 N–H and O–H groups in total. The number of hydrogen-bond donors (Lipinski definition) is 1. The number of benzene rings is 1. The lowest BCUT2D eigenvalue weighted by Crippen LogP contribution is -2.28. The Hall–Kier alpha value is -2.00. The maximum atomic E-state index is 5.51. The lowest BCUT2D eigenvalue weighted by molar-refractivity contribution is 0.934. The van der Waals surface area contributed by atoms with Crippen molar-refractivity contribution in [1.82, 2.24) is 10.3 Å². The number of hydrogen-bond acceptors (Lipinski definition) is 2. The Labute approximate surface area is 119 Å². The fourth-order valence-electron chi connectivity index (χ4n) is 1.92. The second-order valence-electron chi connectivity index (χ2n) is 4.13. The van der Waals surface area contributed by atoms with Gasteiger partial charge in [0.15, 0.2) is 0 Å². The minimum absolute atomic E-state index is 0.0163. The van der Waals surface area contributed by atoms with Crippen LogP contribution in [0.5, 0.6) is 0 Å². The molecule has 0 bridgehead atoms. The van der Waals surface area contributed by atoms with Gasteiger partial charge in [-0.1, -0.05) is 54.7 Å². The van der Waals surface area contributed by atoms with E-state index < -0.39 is 0 Å². The van der Waals surface area contributed by atoms with Gasteiger partial charge in [0, 0.05) is 12.7 Å². The Morgan fingerprint density at radius 3 is 2.58 bits per heavy atom. The molecule has 2 nitrogen and oxygen atoms in total. The minimum atomic E-state index is -0.0163. The third-order valence-corrected chi connectivity index (χ3v) is 3.18. The van der Waals surface area contributed by atoms with Crippen LogP contribution in [0.1, 0.15) is 17.2 Å². The lowest BCUT2D eigenvalue weighted by atomic mass is 9.95. The van der Waals surface area contributed by atoms with Crippen LogP contribution in [0.4, 0.5) is 0 Å². The van der Waals surface area contributed by atoms with Crippen molar-refractivity contribution in [3.05, 3.63) is 78.6 Å². The number of pyridine rings is 1. The highest BCUT2D eigenvalue weighted by Gasteiger charge is 2.19. The van der Waals surface area contributed by atoms with Crippen molar-refractivity contribution < 1.29 is 0 Å². The van der Waals surface area contributed by atoms with Crippen LogP contribution < -0.4 is 5.32 Å². The molecule has 1 aromatic heterocycles. The van der Waals surface area contributed by atoms with E-state index in [9.17, 15) is 0 Å². The van der Waals surface area contributed by atoms with Crippen LogP contribution in [0.3, 0.4) is 0 Å². The van der Waals surface area contributed by atoms with Gasteiger partial charge in [-0.15, -0.1) is 6.58 Å². The van der Waals surface area contributed by atoms with E-state index in [1.54, 1.807) is 12.3 Å². The molecule has 0 saturated heterocycles. The van der Waals surface area contributed by atoms with Crippen LogP contribution in [0.2, 0.25) is 0 Å². The van der Waals surface area contributed by atoms with Crippen molar-refractivity contribution >= 4 is 17.2 Å². The molecule has 1 heterocycles. The molecule has 1 unspecified atom stereocenters. The van der Waals surface area contributed by atoms with Gasteiger partial charge < -0.3 is 5.32 Å². The summed E-state index contributed by atoms with van der Waals surface area (Å²) in [5.74, 6) is -0.0163. The smallest absolute Gasteiger partial charge is 0.0892 e. The summed E-state index contributed by atoms with van der Waals surface area (Å²) in [5.41, 5.74) is 2.10. The molecule has 0 aliphatic carbocycles. The Kier molecular flexibility index (Phi) is 4.81. The van der Waals surface area contributed by atoms with Gasteiger partial charge in [0.25, 0.3) is 0 Å². The van der Waals surface area contributed by atoms with Crippen LogP contribution in [-0.2, 0) is 0 Å². The van der Waals surface area contributed by atoms with E-state index in [2.05, 4.69) is 29.0 Å². The predicted molar refractivity (Wildman–Crippen MR) is 83.3 cm³/mol. The van der Waals surface area contributed by atoms with Gasteiger partial charge >= 0.3 is 0 Å². The molecule has 96 valence electrons. The summed E-state index contributed by atoms with van der Waals surface area (Å²) in [4.78, 5) is 5.20. The zero-order valence-electron chi connectivity index (χ0n) is 10.6. The molecule has 0 aliphatic rings. The van der Waals surface area contributed by atoms with Crippen LogP contribution in [0, 0.1) is 0 Å². The quantitative estimate of drug-likeness (QED) is 0.665. The first kappa shape index (κ1) is 13.4. The minimum Gasteiger partial charge on any atom is -0.375 e. The molecule has 0 aliphatic heterocycles. The van der Waals surface area contributed by atoms with Crippen molar-refractivity contribution in [3.63, 3.8) is 0 Å². The average Bonchev–Trinajstić information content (AvgIpc) is 2.47. The van der Waals surface area contributed by atoms with Crippen molar-refractivity contribution in [3.8, 4) is 0 Å². The molecule has 0 saturated carbocycles. The van der Waals surface area contributed by atoms with E-state index in [0.29, 0.717) is 6.54 Å². The topological polar surface area (TPSA) is 24.9 Å². The highest BCUT2D eigenvalue weighted by molar-refractivity contribution is 7.80. The molecule has 3 heteroatoms. The maximum absolute atomic E-state index is 5.51. The van der Waals surface area contributed by atoms with Crippen LogP contribution in [-0.4, -0.2) is 16.5 Å². The van der Waals surface area contributed by atoms with Gasteiger partial charge in [-0.2, -0.15) is 0 Å². The standard InChI is InChI=1S/C16H16N2S/c1-2-11-18-16(19)15(13-8-4-3-5-9-13)14-10-6-7-12-17-14/h2-10,12,15H,1,11H2,(H,18,19). The normalized spacial score (nSPS) is 11.6. The third-order valence-electron chi connectivity index (χ3n) is 2.80. The summed E-state index contributed by atoms with van der Waals surface area (Å²) >= 11 is 5.51. The van der Waals surface area contributed by atoms with E-state index in [-0.39, 0.29) is 5.92 Å². The molecule has 0 amide bonds. The van der Waals surface area contributed by atoms with Gasteiger partial charge in [0.1, 0.15) is 0 Å². The van der Waals surface area contributed by atoms with E-state index in [1.807, 2.05) is 36.4 Å². The first-order valence-corrected chi connectivity index (χ1v) is 6.58. The largest absolute Gasteiger partial charge is 0.375 e. The van der Waals surface area contributed by atoms with Crippen molar-refractivity contribution in [2.24, 2.45) is 0 Å². The number of thiocarbonyl (C=S) groups is 1. The van der Waals surface area contributed by atoms with Crippen LogP contribution in [0.15, 0.2) is 67.4 Å². The molecule has 2 rings (SSSR count). The second-order valence-corrected chi connectivity index (χ2v) is 4.57. The second kappa shape index (κ2) is 6.81. The third kappa shape index (κ3) is 3.48. The highest BCUT2D eigenvalue weighted by Crippen LogP contribution is 2.23.